The highest BCUT2D eigenvalue weighted by atomic mass is 127. The monoisotopic (exact) mass is 480 g/mol. The van der Waals surface area contributed by atoms with Crippen LogP contribution in [-0.2, 0) is 12.8 Å². The summed E-state index contributed by atoms with van der Waals surface area (Å²) < 4.78 is 24.8. The van der Waals surface area contributed by atoms with Crippen molar-refractivity contribution in [2.75, 3.05) is 33.2 Å². The van der Waals surface area contributed by atoms with Gasteiger partial charge in [-0.15, -0.1) is 24.0 Å². The van der Waals surface area contributed by atoms with E-state index in [0.717, 1.165) is 38.2 Å². The molecule has 1 aromatic rings. The molecule has 0 amide bonds. The number of likely N-dealkylation sites (tertiary alicyclic amines) is 1. The number of nitrogens with zero attached hydrogens (tertiary/aromatic N) is 2. The Hall–Kier alpha value is -0.960. The van der Waals surface area contributed by atoms with E-state index in [1.807, 2.05) is 4.90 Å². The third-order valence-corrected chi connectivity index (χ3v) is 4.69. The molecular formula is C19H31F2IN4. The minimum atomic E-state index is -2.25. The second-order valence-corrected chi connectivity index (χ2v) is 6.53. The maximum absolute atomic E-state index is 12.4. The van der Waals surface area contributed by atoms with Gasteiger partial charge in [-0.1, -0.05) is 31.2 Å². The van der Waals surface area contributed by atoms with Gasteiger partial charge < -0.3 is 10.6 Å². The number of hydrogen-bond donors (Lipinski definition) is 2. The number of guanidine groups is 1. The van der Waals surface area contributed by atoms with E-state index in [-0.39, 0.29) is 30.5 Å². The highest BCUT2D eigenvalue weighted by Gasteiger charge is 2.21. The highest BCUT2D eigenvalue weighted by Crippen LogP contribution is 2.11. The summed E-state index contributed by atoms with van der Waals surface area (Å²) in [5.41, 5.74) is 2.66. The smallest absolute Gasteiger partial charge is 0.251 e. The summed E-state index contributed by atoms with van der Waals surface area (Å²) in [7, 11) is 1.76. The molecule has 1 aromatic carbocycles. The van der Waals surface area contributed by atoms with E-state index < -0.39 is 6.43 Å². The first-order chi connectivity index (χ1) is 12.1. The zero-order chi connectivity index (χ0) is 18.1. The standard InChI is InChI=1S/C19H30F2N4.HI/c1-3-15-4-6-16(7-5-15)8-11-23-19(22-2)24-17-9-12-25(13-10-17)14-18(20)21;/h4-7,17-18H,3,8-14H2,1-2H3,(H2,22,23,24);1H. The Kier molecular flexibility index (Phi) is 11.0. The third kappa shape index (κ3) is 8.16. The van der Waals surface area contributed by atoms with Gasteiger partial charge in [-0.25, -0.2) is 8.78 Å². The lowest BCUT2D eigenvalue weighted by atomic mass is 10.1. The molecular weight excluding hydrogens is 449 g/mol. The van der Waals surface area contributed by atoms with Gasteiger partial charge in [0, 0.05) is 32.7 Å². The van der Waals surface area contributed by atoms with E-state index in [4.69, 9.17) is 0 Å². The van der Waals surface area contributed by atoms with E-state index >= 15 is 0 Å². The minimum Gasteiger partial charge on any atom is -0.356 e. The first kappa shape index (κ1) is 23.1. The van der Waals surface area contributed by atoms with E-state index in [0.29, 0.717) is 19.1 Å². The van der Waals surface area contributed by atoms with Crippen molar-refractivity contribution in [3.05, 3.63) is 35.4 Å². The Morgan fingerprint density at radius 1 is 1.19 bits per heavy atom. The summed E-state index contributed by atoms with van der Waals surface area (Å²) in [6, 6.07) is 9.00. The lowest BCUT2D eigenvalue weighted by Crippen LogP contribution is -2.49. The van der Waals surface area contributed by atoms with E-state index in [2.05, 4.69) is 46.8 Å². The molecule has 0 saturated carbocycles. The van der Waals surface area contributed by atoms with Crippen molar-refractivity contribution >= 4 is 29.9 Å². The number of aliphatic imine (C=N–C) groups is 1. The van der Waals surface area contributed by atoms with Crippen LogP contribution in [0.5, 0.6) is 0 Å². The fourth-order valence-electron chi connectivity index (χ4n) is 3.11. The number of aryl methyl sites for hydroxylation is 1. The Labute approximate surface area is 172 Å². The largest absolute Gasteiger partial charge is 0.356 e. The lowest BCUT2D eigenvalue weighted by molar-refractivity contribution is 0.0744. The van der Waals surface area contributed by atoms with Crippen LogP contribution in [-0.4, -0.2) is 56.6 Å². The van der Waals surface area contributed by atoms with Gasteiger partial charge in [0.15, 0.2) is 5.96 Å². The molecule has 2 rings (SSSR count). The van der Waals surface area contributed by atoms with E-state index in [9.17, 15) is 8.78 Å². The lowest BCUT2D eigenvalue weighted by Gasteiger charge is -2.32. The quantitative estimate of drug-likeness (QED) is 0.358. The van der Waals surface area contributed by atoms with Gasteiger partial charge in [-0.05, 0) is 36.8 Å². The molecule has 0 aromatic heterocycles. The predicted molar refractivity (Wildman–Crippen MR) is 115 cm³/mol. The van der Waals surface area contributed by atoms with Crippen LogP contribution in [0, 0.1) is 0 Å². The molecule has 0 bridgehead atoms. The zero-order valence-electron chi connectivity index (χ0n) is 15.7. The van der Waals surface area contributed by atoms with Crippen LogP contribution >= 0.6 is 24.0 Å². The van der Waals surface area contributed by atoms with Crippen molar-refractivity contribution in [1.29, 1.82) is 0 Å². The first-order valence-electron chi connectivity index (χ1n) is 9.16. The van der Waals surface area contributed by atoms with Gasteiger partial charge in [-0.2, -0.15) is 0 Å². The summed E-state index contributed by atoms with van der Waals surface area (Å²) >= 11 is 0. The third-order valence-electron chi connectivity index (χ3n) is 4.69. The molecule has 1 aliphatic rings. The normalized spacial score (nSPS) is 16.4. The molecule has 26 heavy (non-hydrogen) atoms. The van der Waals surface area contributed by atoms with Gasteiger partial charge in [0.1, 0.15) is 0 Å². The number of alkyl halides is 2. The molecule has 1 saturated heterocycles. The minimum absolute atomic E-state index is 0. The molecule has 0 aliphatic carbocycles. The van der Waals surface area contributed by atoms with Crippen LogP contribution in [0.15, 0.2) is 29.3 Å². The summed E-state index contributed by atoms with van der Waals surface area (Å²) in [5.74, 6) is 0.789. The average molecular weight is 480 g/mol. The number of nitrogens with one attached hydrogen (secondary N) is 2. The van der Waals surface area contributed by atoms with Gasteiger partial charge in [0.05, 0.1) is 6.54 Å². The van der Waals surface area contributed by atoms with Crippen molar-refractivity contribution in [3.8, 4) is 0 Å². The fourth-order valence-corrected chi connectivity index (χ4v) is 3.11. The SMILES string of the molecule is CCc1ccc(CCNC(=NC)NC2CCN(CC(F)F)CC2)cc1.I. The van der Waals surface area contributed by atoms with Crippen molar-refractivity contribution in [2.45, 2.75) is 45.1 Å². The van der Waals surface area contributed by atoms with Crippen LogP contribution in [0.1, 0.15) is 30.9 Å². The van der Waals surface area contributed by atoms with Crippen LogP contribution in [0.4, 0.5) is 8.78 Å². The van der Waals surface area contributed by atoms with Gasteiger partial charge >= 0.3 is 0 Å². The van der Waals surface area contributed by atoms with Crippen LogP contribution in [0.25, 0.3) is 0 Å². The second-order valence-electron chi connectivity index (χ2n) is 6.53. The summed E-state index contributed by atoms with van der Waals surface area (Å²) in [6.45, 7) is 4.28. The van der Waals surface area contributed by atoms with E-state index in [1.54, 1.807) is 7.05 Å². The number of hydrogen-bond acceptors (Lipinski definition) is 2. The molecule has 1 heterocycles. The van der Waals surface area contributed by atoms with Gasteiger partial charge in [0.25, 0.3) is 6.43 Å². The van der Waals surface area contributed by atoms with Crippen molar-refractivity contribution < 1.29 is 8.78 Å². The maximum Gasteiger partial charge on any atom is 0.251 e. The molecule has 148 valence electrons. The maximum atomic E-state index is 12.4. The number of halogens is 3. The molecule has 7 heteroatoms. The number of piperidine rings is 1. The Morgan fingerprint density at radius 3 is 2.35 bits per heavy atom. The number of benzene rings is 1. The molecule has 1 aliphatic heterocycles. The molecule has 0 atom stereocenters. The Balaban J connectivity index is 0.00000338. The average Bonchev–Trinajstić information content (AvgIpc) is 2.62. The van der Waals surface area contributed by atoms with Crippen molar-refractivity contribution in [2.24, 2.45) is 4.99 Å². The van der Waals surface area contributed by atoms with Crippen molar-refractivity contribution in [1.82, 2.24) is 15.5 Å². The summed E-state index contributed by atoms with van der Waals surface area (Å²) in [5, 5.41) is 6.75. The van der Waals surface area contributed by atoms with Crippen LogP contribution in [0.2, 0.25) is 0 Å². The topological polar surface area (TPSA) is 39.7 Å². The van der Waals surface area contributed by atoms with Gasteiger partial charge in [0.2, 0.25) is 0 Å². The number of rotatable bonds is 7. The molecule has 0 radical (unpaired) electrons. The Bertz CT molecular complexity index is 529. The first-order valence-corrected chi connectivity index (χ1v) is 9.16. The molecule has 1 fully saturated rings. The predicted octanol–water partition coefficient (Wildman–Crippen LogP) is 3.30. The highest BCUT2D eigenvalue weighted by molar-refractivity contribution is 14.0. The molecule has 0 unspecified atom stereocenters. The van der Waals surface area contributed by atoms with Crippen molar-refractivity contribution in [3.63, 3.8) is 0 Å². The fraction of sp³-hybridized carbons (Fsp3) is 0.632. The molecule has 4 nitrogen and oxygen atoms in total. The Morgan fingerprint density at radius 2 is 1.81 bits per heavy atom. The summed E-state index contributed by atoms with van der Waals surface area (Å²) in [4.78, 5) is 6.10. The van der Waals surface area contributed by atoms with Crippen LogP contribution < -0.4 is 10.6 Å². The summed E-state index contributed by atoms with van der Waals surface area (Å²) in [6.07, 6.45) is 1.49. The van der Waals surface area contributed by atoms with E-state index in [1.165, 1.54) is 11.1 Å². The second kappa shape index (κ2) is 12.4. The van der Waals surface area contributed by atoms with Crippen LogP contribution in [0.3, 0.4) is 0 Å². The molecule has 2 N–H and O–H groups in total. The molecule has 0 spiro atoms. The van der Waals surface area contributed by atoms with Gasteiger partial charge in [-0.3, -0.25) is 9.89 Å². The zero-order valence-corrected chi connectivity index (χ0v) is 18.0.